The highest BCUT2D eigenvalue weighted by molar-refractivity contribution is 6.25. The van der Waals surface area contributed by atoms with Crippen molar-refractivity contribution in [2.24, 2.45) is 10.8 Å². The first-order valence-electron chi connectivity index (χ1n) is 11.9. The van der Waals surface area contributed by atoms with Crippen LogP contribution in [0.2, 0.25) is 0 Å². The van der Waals surface area contributed by atoms with E-state index in [4.69, 9.17) is 0 Å². The molecular weight excluding hydrogens is 460 g/mol. The predicted molar refractivity (Wildman–Crippen MR) is 132 cm³/mol. The van der Waals surface area contributed by atoms with Crippen molar-refractivity contribution in [2.45, 2.75) is 52.6 Å². The van der Waals surface area contributed by atoms with Gasteiger partial charge in [-0.3, -0.25) is 14.4 Å². The molecule has 0 heterocycles. The third kappa shape index (κ3) is 2.92. The number of hydrogen-bond donors (Lipinski definition) is 4. The summed E-state index contributed by atoms with van der Waals surface area (Å²) in [5.74, 6) is -4.03. The minimum atomic E-state index is -2.56. The Morgan fingerprint density at radius 2 is 1.58 bits per heavy atom. The second kappa shape index (κ2) is 7.40. The van der Waals surface area contributed by atoms with Gasteiger partial charge in [-0.25, -0.2) is 0 Å². The fourth-order valence-corrected chi connectivity index (χ4v) is 6.66. The zero-order valence-corrected chi connectivity index (χ0v) is 20.6. The number of fused-ring (bicyclic) bond motifs is 3. The van der Waals surface area contributed by atoms with Crippen LogP contribution in [0.25, 0.3) is 11.1 Å². The van der Waals surface area contributed by atoms with E-state index in [0.29, 0.717) is 5.56 Å². The van der Waals surface area contributed by atoms with Crippen molar-refractivity contribution in [1.82, 2.24) is 0 Å². The summed E-state index contributed by atoms with van der Waals surface area (Å²) in [4.78, 5) is 39.4. The number of aryl methyl sites for hydroxylation is 1. The van der Waals surface area contributed by atoms with Crippen LogP contribution in [-0.4, -0.2) is 43.4 Å². The van der Waals surface area contributed by atoms with E-state index in [0.717, 1.165) is 23.6 Å². The second-order valence-corrected chi connectivity index (χ2v) is 11.0. The van der Waals surface area contributed by atoms with E-state index in [1.165, 1.54) is 6.07 Å². The molecule has 0 fully saturated rings. The number of ketones is 3. The molecule has 0 unspecified atom stereocenters. The Balaban J connectivity index is 1.76. The summed E-state index contributed by atoms with van der Waals surface area (Å²) in [6, 6.07) is 11.0. The predicted octanol–water partition coefficient (Wildman–Crippen LogP) is 4.44. The largest absolute Gasteiger partial charge is 0.511 e. The van der Waals surface area contributed by atoms with E-state index in [9.17, 15) is 34.8 Å². The van der Waals surface area contributed by atoms with Crippen molar-refractivity contribution in [3.63, 3.8) is 0 Å². The standard InChI is InChI=1S/C29H28O7/c1-14-5-7-16(8-6-14)17-9-10-19(31)22-18(17)11-27(3)13-28(4)12-20(32)21(15(2)30)25(34)29(28,36)26(35)23(27)24(22)33/h5-10,31-32,35-36H,11-13H2,1-4H3/t27-,28+,29+/m1/s1. The van der Waals surface area contributed by atoms with Gasteiger partial charge in [-0.2, -0.15) is 0 Å². The van der Waals surface area contributed by atoms with Gasteiger partial charge in [0.1, 0.15) is 22.8 Å². The van der Waals surface area contributed by atoms with Crippen LogP contribution >= 0.6 is 0 Å². The van der Waals surface area contributed by atoms with Gasteiger partial charge in [0.2, 0.25) is 5.78 Å². The number of carbonyl (C=O) groups is 3. The quantitative estimate of drug-likeness (QED) is 0.460. The molecule has 0 aromatic heterocycles. The minimum Gasteiger partial charge on any atom is -0.511 e. The fraction of sp³-hybridized carbons (Fsp3) is 0.345. The molecule has 0 saturated carbocycles. The van der Waals surface area contributed by atoms with Crippen molar-refractivity contribution in [3.05, 3.63) is 75.8 Å². The van der Waals surface area contributed by atoms with Crippen LogP contribution < -0.4 is 0 Å². The maximum Gasteiger partial charge on any atom is 0.209 e. The number of Topliss-reactive ketones (excluding diaryl/α,β-unsaturated/α-hetero) is 3. The van der Waals surface area contributed by atoms with Gasteiger partial charge < -0.3 is 20.4 Å². The molecule has 186 valence electrons. The van der Waals surface area contributed by atoms with Crippen molar-refractivity contribution >= 4 is 17.3 Å². The van der Waals surface area contributed by atoms with E-state index < -0.39 is 50.9 Å². The highest BCUT2D eigenvalue weighted by Gasteiger charge is 2.67. The maximum atomic E-state index is 13.9. The molecule has 0 bridgehead atoms. The van der Waals surface area contributed by atoms with Gasteiger partial charge in [0, 0.05) is 22.8 Å². The lowest BCUT2D eigenvalue weighted by Crippen LogP contribution is -2.63. The summed E-state index contributed by atoms with van der Waals surface area (Å²) in [5.41, 5.74) is -2.34. The lowest BCUT2D eigenvalue weighted by Gasteiger charge is -2.56. The first-order chi connectivity index (χ1) is 16.7. The van der Waals surface area contributed by atoms with Crippen molar-refractivity contribution in [2.75, 3.05) is 0 Å². The molecule has 3 aliphatic rings. The third-order valence-corrected chi connectivity index (χ3v) is 8.27. The number of aromatic hydroxyl groups is 1. The van der Waals surface area contributed by atoms with Gasteiger partial charge in [0.15, 0.2) is 17.2 Å². The summed E-state index contributed by atoms with van der Waals surface area (Å²) in [6.07, 6.45) is 0.100. The van der Waals surface area contributed by atoms with E-state index in [1.807, 2.05) is 31.2 Å². The Kier molecular flexibility index (Phi) is 4.93. The molecule has 0 amide bonds. The number of phenolic OH excluding ortho intramolecular Hbond substituents is 1. The molecule has 4 N–H and O–H groups in total. The normalized spacial score (nSPS) is 29.6. The fourth-order valence-electron chi connectivity index (χ4n) is 6.66. The molecule has 36 heavy (non-hydrogen) atoms. The van der Waals surface area contributed by atoms with E-state index in [-0.39, 0.29) is 36.1 Å². The molecule has 0 aliphatic heterocycles. The number of rotatable bonds is 2. The Hall–Kier alpha value is -3.71. The molecule has 0 radical (unpaired) electrons. The molecule has 5 rings (SSSR count). The molecule has 7 nitrogen and oxygen atoms in total. The molecule has 3 atom stereocenters. The first-order valence-corrected chi connectivity index (χ1v) is 11.9. The third-order valence-electron chi connectivity index (χ3n) is 8.27. The van der Waals surface area contributed by atoms with E-state index in [2.05, 4.69) is 0 Å². The Morgan fingerprint density at radius 3 is 2.19 bits per heavy atom. The minimum absolute atomic E-state index is 0.0211. The number of aliphatic hydroxyl groups excluding tert-OH is 2. The topological polar surface area (TPSA) is 132 Å². The lowest BCUT2D eigenvalue weighted by molar-refractivity contribution is -0.158. The van der Waals surface area contributed by atoms with Crippen LogP contribution in [-0.2, 0) is 16.0 Å². The molecule has 0 saturated heterocycles. The Morgan fingerprint density at radius 1 is 0.944 bits per heavy atom. The number of carbonyl (C=O) groups excluding carboxylic acids is 3. The summed E-state index contributed by atoms with van der Waals surface area (Å²) >= 11 is 0. The number of benzene rings is 2. The van der Waals surface area contributed by atoms with Gasteiger partial charge in [-0.05, 0) is 49.4 Å². The summed E-state index contributed by atoms with van der Waals surface area (Å²) in [7, 11) is 0. The smallest absolute Gasteiger partial charge is 0.209 e. The molecule has 0 spiro atoms. The zero-order chi connectivity index (χ0) is 26.4. The highest BCUT2D eigenvalue weighted by atomic mass is 16.3. The van der Waals surface area contributed by atoms with Crippen LogP contribution in [0.3, 0.4) is 0 Å². The van der Waals surface area contributed by atoms with Gasteiger partial charge in [0.25, 0.3) is 0 Å². The van der Waals surface area contributed by atoms with Crippen LogP contribution in [0.4, 0.5) is 0 Å². The van der Waals surface area contributed by atoms with Gasteiger partial charge >= 0.3 is 0 Å². The number of aliphatic hydroxyl groups is 3. The first kappa shape index (κ1) is 24.0. The maximum absolute atomic E-state index is 13.9. The van der Waals surface area contributed by atoms with Gasteiger partial charge in [0.05, 0.1) is 5.56 Å². The molecular formula is C29H28O7. The second-order valence-electron chi connectivity index (χ2n) is 11.0. The highest BCUT2D eigenvalue weighted by Crippen LogP contribution is 2.62. The Bertz CT molecular complexity index is 1440. The number of phenols is 1. The summed E-state index contributed by atoms with van der Waals surface area (Å²) in [5, 5.41) is 44.4. The lowest BCUT2D eigenvalue weighted by atomic mass is 9.48. The van der Waals surface area contributed by atoms with Crippen LogP contribution in [0.1, 0.15) is 55.1 Å². The molecule has 7 heteroatoms. The van der Waals surface area contributed by atoms with Crippen molar-refractivity contribution < 1.29 is 34.8 Å². The number of allylic oxidation sites excluding steroid dienone is 2. The summed E-state index contributed by atoms with van der Waals surface area (Å²) < 4.78 is 0. The van der Waals surface area contributed by atoms with Crippen LogP contribution in [0.5, 0.6) is 5.75 Å². The van der Waals surface area contributed by atoms with E-state index >= 15 is 0 Å². The summed E-state index contributed by atoms with van der Waals surface area (Å²) in [6.45, 7) is 6.41. The van der Waals surface area contributed by atoms with Crippen LogP contribution in [0, 0.1) is 17.8 Å². The van der Waals surface area contributed by atoms with Crippen LogP contribution in [0.15, 0.2) is 59.1 Å². The zero-order valence-electron chi connectivity index (χ0n) is 20.6. The molecule has 3 aliphatic carbocycles. The average molecular weight is 489 g/mol. The average Bonchev–Trinajstić information content (AvgIpc) is 2.76. The molecule has 2 aromatic carbocycles. The number of hydrogen-bond acceptors (Lipinski definition) is 7. The monoisotopic (exact) mass is 488 g/mol. The van der Waals surface area contributed by atoms with Gasteiger partial charge in [-0.1, -0.05) is 49.7 Å². The Labute approximate surface area is 208 Å². The van der Waals surface area contributed by atoms with Gasteiger partial charge in [-0.15, -0.1) is 0 Å². The van der Waals surface area contributed by atoms with Crippen molar-refractivity contribution in [3.8, 4) is 16.9 Å². The van der Waals surface area contributed by atoms with Crippen molar-refractivity contribution in [1.29, 1.82) is 0 Å². The molecule has 2 aromatic rings. The SMILES string of the molecule is CC(=O)C1=C(O)C[C@@]2(C)C[C@@]3(C)Cc4c(-c5ccc(C)cc5)ccc(O)c4C(=O)C3=C(O)[C@@]2(O)C1=O. The van der Waals surface area contributed by atoms with E-state index in [1.54, 1.807) is 19.9 Å².